The number of carbonyl (C=O) groups excluding carboxylic acids is 1. The van der Waals surface area contributed by atoms with Crippen molar-refractivity contribution in [1.29, 1.82) is 0 Å². The topological polar surface area (TPSA) is 42.1 Å². The smallest absolute Gasteiger partial charge is 0.340 e. The molecule has 0 saturated heterocycles. The molecule has 0 radical (unpaired) electrons. The summed E-state index contributed by atoms with van der Waals surface area (Å²) in [5, 5.41) is 0.965. The van der Waals surface area contributed by atoms with Gasteiger partial charge in [0.2, 0.25) is 0 Å². The van der Waals surface area contributed by atoms with Gasteiger partial charge < -0.3 is 9.72 Å². The number of nitrogens with one attached hydrogen (secondary N) is 1. The Morgan fingerprint density at radius 1 is 1.29 bits per heavy atom. The molecule has 0 fully saturated rings. The summed E-state index contributed by atoms with van der Waals surface area (Å²) in [5.74, 6) is -0.205. The van der Waals surface area contributed by atoms with Crippen molar-refractivity contribution in [3.8, 4) is 0 Å². The lowest BCUT2D eigenvalue weighted by Gasteiger charge is -2.11. The second-order valence-corrected chi connectivity index (χ2v) is 3.41. The van der Waals surface area contributed by atoms with Crippen LogP contribution in [0.15, 0.2) is 24.3 Å². The van der Waals surface area contributed by atoms with Crippen LogP contribution in [0.4, 0.5) is 0 Å². The van der Waals surface area contributed by atoms with Crippen molar-refractivity contribution in [2.45, 2.75) is 6.42 Å². The molecule has 3 rings (SSSR count). The number of benzene rings is 1. The first-order chi connectivity index (χ1) is 6.86. The Balaban J connectivity index is 2.39. The summed E-state index contributed by atoms with van der Waals surface area (Å²) < 4.78 is 5.01. The van der Waals surface area contributed by atoms with Gasteiger partial charge in [0.15, 0.2) is 0 Å². The minimum atomic E-state index is -0.205. The van der Waals surface area contributed by atoms with E-state index < -0.39 is 0 Å². The molecule has 0 spiro atoms. The highest BCUT2D eigenvalue weighted by Gasteiger charge is 2.23. The minimum absolute atomic E-state index is 0.205. The number of hydrogen-bond acceptors (Lipinski definition) is 2. The van der Waals surface area contributed by atoms with E-state index in [-0.39, 0.29) is 5.97 Å². The number of para-hydroxylation sites is 1. The summed E-state index contributed by atoms with van der Waals surface area (Å²) in [7, 11) is 0. The fourth-order valence-electron chi connectivity index (χ4n) is 1.94. The number of ether oxygens (including phenoxy) is 1. The maximum absolute atomic E-state index is 11.5. The van der Waals surface area contributed by atoms with Gasteiger partial charge in [0.1, 0.15) is 0 Å². The maximum Gasteiger partial charge on any atom is 0.340 e. The van der Waals surface area contributed by atoms with Crippen molar-refractivity contribution in [1.82, 2.24) is 4.98 Å². The molecule has 0 aliphatic carbocycles. The summed E-state index contributed by atoms with van der Waals surface area (Å²) in [6.45, 7) is 0.485. The van der Waals surface area contributed by atoms with Gasteiger partial charge in [0.05, 0.1) is 12.2 Å². The number of cyclic esters (lactones) is 1. The van der Waals surface area contributed by atoms with Gasteiger partial charge in [0.25, 0.3) is 0 Å². The van der Waals surface area contributed by atoms with Crippen LogP contribution in [-0.4, -0.2) is 17.6 Å². The Bertz CT molecular complexity index is 513. The van der Waals surface area contributed by atoms with Crippen molar-refractivity contribution in [3.63, 3.8) is 0 Å². The largest absolute Gasteiger partial charge is 0.462 e. The third-order valence-corrected chi connectivity index (χ3v) is 2.57. The first-order valence-corrected chi connectivity index (χ1v) is 4.63. The Morgan fingerprint density at radius 2 is 2.14 bits per heavy atom. The van der Waals surface area contributed by atoms with E-state index in [1.54, 1.807) is 0 Å². The van der Waals surface area contributed by atoms with Crippen LogP contribution in [0.3, 0.4) is 0 Å². The van der Waals surface area contributed by atoms with E-state index in [0.717, 1.165) is 23.0 Å². The molecule has 3 heteroatoms. The van der Waals surface area contributed by atoms with Crippen LogP contribution in [0.1, 0.15) is 16.1 Å². The van der Waals surface area contributed by atoms with E-state index >= 15 is 0 Å². The number of aromatic amines is 1. The van der Waals surface area contributed by atoms with Crippen LogP contribution in [-0.2, 0) is 11.2 Å². The van der Waals surface area contributed by atoms with Gasteiger partial charge in [-0.15, -0.1) is 0 Å². The molecule has 1 aromatic carbocycles. The van der Waals surface area contributed by atoms with Gasteiger partial charge in [0, 0.05) is 23.0 Å². The first-order valence-electron chi connectivity index (χ1n) is 4.63. The summed E-state index contributed by atoms with van der Waals surface area (Å²) in [6, 6.07) is 7.80. The number of fused-ring (bicyclic) bond motifs is 3. The van der Waals surface area contributed by atoms with Crippen LogP contribution < -0.4 is 0 Å². The number of carbonyl (C=O) groups is 1. The summed E-state index contributed by atoms with van der Waals surface area (Å²) in [4.78, 5) is 14.8. The van der Waals surface area contributed by atoms with Crippen LogP contribution >= 0.6 is 0 Å². The van der Waals surface area contributed by atoms with Crippen LogP contribution in [0.5, 0.6) is 0 Å². The second-order valence-electron chi connectivity index (χ2n) is 3.41. The summed E-state index contributed by atoms with van der Waals surface area (Å²) in [6.07, 6.45) is 0.787. The molecular formula is C11H9NO2. The molecule has 70 valence electrons. The predicted molar refractivity (Wildman–Crippen MR) is 52.3 cm³/mol. The van der Waals surface area contributed by atoms with Crippen LogP contribution in [0.25, 0.3) is 10.9 Å². The molecule has 0 unspecified atom stereocenters. The van der Waals surface area contributed by atoms with Crippen molar-refractivity contribution >= 4 is 16.9 Å². The number of hydrogen-bond donors (Lipinski definition) is 1. The monoisotopic (exact) mass is 187 g/mol. The quantitative estimate of drug-likeness (QED) is 0.640. The van der Waals surface area contributed by atoms with Gasteiger partial charge in [-0.2, -0.15) is 0 Å². The summed E-state index contributed by atoms with van der Waals surface area (Å²) >= 11 is 0. The van der Waals surface area contributed by atoms with E-state index in [2.05, 4.69) is 4.98 Å². The average molecular weight is 187 g/mol. The van der Waals surface area contributed by atoms with E-state index in [9.17, 15) is 4.79 Å². The first kappa shape index (κ1) is 7.62. The zero-order valence-electron chi connectivity index (χ0n) is 7.54. The van der Waals surface area contributed by atoms with Crippen molar-refractivity contribution in [2.75, 3.05) is 6.61 Å². The molecule has 3 nitrogen and oxygen atoms in total. The molecule has 0 bridgehead atoms. The maximum atomic E-state index is 11.5. The average Bonchev–Trinajstić information content (AvgIpc) is 2.57. The Hall–Kier alpha value is -1.77. The molecular weight excluding hydrogens is 178 g/mol. The fraction of sp³-hybridized carbons (Fsp3) is 0.182. The van der Waals surface area contributed by atoms with E-state index in [0.29, 0.717) is 12.2 Å². The Morgan fingerprint density at radius 3 is 3.07 bits per heavy atom. The molecule has 0 atom stereocenters. The highest BCUT2D eigenvalue weighted by molar-refractivity contribution is 6.06. The molecule has 1 aromatic heterocycles. The Kier molecular flexibility index (Phi) is 1.42. The molecule has 2 aromatic rings. The van der Waals surface area contributed by atoms with Crippen molar-refractivity contribution in [3.05, 3.63) is 35.5 Å². The van der Waals surface area contributed by atoms with Gasteiger partial charge in [-0.1, -0.05) is 18.2 Å². The molecule has 14 heavy (non-hydrogen) atoms. The zero-order valence-corrected chi connectivity index (χ0v) is 7.54. The van der Waals surface area contributed by atoms with Gasteiger partial charge in [-0.3, -0.25) is 0 Å². The van der Waals surface area contributed by atoms with Crippen LogP contribution in [0.2, 0.25) is 0 Å². The van der Waals surface area contributed by atoms with E-state index in [1.165, 1.54) is 0 Å². The third kappa shape index (κ3) is 0.894. The molecule has 0 saturated carbocycles. The molecule has 1 aliphatic rings. The van der Waals surface area contributed by atoms with E-state index in [4.69, 9.17) is 4.74 Å². The molecule has 1 aliphatic heterocycles. The van der Waals surface area contributed by atoms with Crippen LogP contribution in [0, 0.1) is 0 Å². The van der Waals surface area contributed by atoms with E-state index in [1.807, 2.05) is 24.3 Å². The minimum Gasteiger partial charge on any atom is -0.462 e. The number of esters is 1. The normalized spacial score (nSPS) is 15.3. The number of aromatic nitrogens is 1. The third-order valence-electron chi connectivity index (χ3n) is 2.57. The highest BCUT2D eigenvalue weighted by atomic mass is 16.5. The SMILES string of the molecule is O=C1OCCc2[nH]c3ccccc3c21. The second kappa shape index (κ2) is 2.61. The lowest BCUT2D eigenvalue weighted by atomic mass is 10.1. The zero-order chi connectivity index (χ0) is 9.54. The molecule has 0 amide bonds. The molecule has 2 heterocycles. The standard InChI is InChI=1S/C11H9NO2/c13-11-10-7-3-1-2-4-8(7)12-9(10)5-6-14-11/h1-4,12H,5-6H2. The highest BCUT2D eigenvalue weighted by Crippen LogP contribution is 2.25. The Labute approximate surface area is 80.7 Å². The van der Waals surface area contributed by atoms with Gasteiger partial charge in [-0.25, -0.2) is 4.79 Å². The molecule has 1 N–H and O–H groups in total. The van der Waals surface area contributed by atoms with Crippen molar-refractivity contribution < 1.29 is 9.53 Å². The predicted octanol–water partition coefficient (Wildman–Crippen LogP) is 1.88. The number of H-pyrrole nitrogens is 1. The van der Waals surface area contributed by atoms with Gasteiger partial charge >= 0.3 is 5.97 Å². The van der Waals surface area contributed by atoms with Crippen molar-refractivity contribution in [2.24, 2.45) is 0 Å². The number of rotatable bonds is 0. The fourth-order valence-corrected chi connectivity index (χ4v) is 1.94. The van der Waals surface area contributed by atoms with Gasteiger partial charge in [-0.05, 0) is 6.07 Å². The lowest BCUT2D eigenvalue weighted by Crippen LogP contribution is -2.16. The summed E-state index contributed by atoms with van der Waals surface area (Å²) in [5.41, 5.74) is 2.73. The lowest BCUT2D eigenvalue weighted by molar-refractivity contribution is 0.0482.